The molecule has 0 aromatic heterocycles. The Bertz CT molecular complexity index is 251. The van der Waals surface area contributed by atoms with Gasteiger partial charge in [-0.05, 0) is 18.4 Å². The van der Waals surface area contributed by atoms with Crippen LogP contribution in [0.25, 0.3) is 0 Å². The minimum Gasteiger partial charge on any atom is -0.0861 e. The van der Waals surface area contributed by atoms with Gasteiger partial charge in [-0.25, -0.2) is 0 Å². The Morgan fingerprint density at radius 2 is 1.91 bits per heavy atom. The Morgan fingerprint density at radius 3 is 2.36 bits per heavy atom. The van der Waals surface area contributed by atoms with Gasteiger partial charge in [0.2, 0.25) is 0 Å². The number of benzene rings is 1. The van der Waals surface area contributed by atoms with Crippen molar-refractivity contribution in [3.8, 4) is 0 Å². The van der Waals surface area contributed by atoms with Gasteiger partial charge in [0.05, 0.1) is 0 Å². The SMILES string of the molecule is Bc1ccc(C(C)C)cc1C. The summed E-state index contributed by atoms with van der Waals surface area (Å²) in [7, 11) is 2.15. The van der Waals surface area contributed by atoms with Crippen molar-refractivity contribution in [2.75, 3.05) is 0 Å². The third-order valence-corrected chi connectivity index (χ3v) is 2.20. The van der Waals surface area contributed by atoms with Crippen LogP contribution in [0.15, 0.2) is 18.2 Å². The molecule has 0 aliphatic rings. The minimum atomic E-state index is 0.647. The molecule has 11 heavy (non-hydrogen) atoms. The zero-order valence-electron chi connectivity index (χ0n) is 7.81. The van der Waals surface area contributed by atoms with Crippen LogP contribution in [0.1, 0.15) is 30.9 Å². The Morgan fingerprint density at radius 1 is 1.27 bits per heavy atom. The molecule has 1 aromatic carbocycles. The molecular weight excluding hydrogens is 131 g/mol. The molecule has 0 saturated carbocycles. The smallest absolute Gasteiger partial charge is 0.0861 e. The Kier molecular flexibility index (Phi) is 2.38. The van der Waals surface area contributed by atoms with Crippen LogP contribution in [0.3, 0.4) is 0 Å². The van der Waals surface area contributed by atoms with Gasteiger partial charge >= 0.3 is 0 Å². The van der Waals surface area contributed by atoms with E-state index in [0.29, 0.717) is 5.92 Å². The predicted molar refractivity (Wildman–Crippen MR) is 53.4 cm³/mol. The molecule has 0 aliphatic carbocycles. The summed E-state index contributed by atoms with van der Waals surface area (Å²) in [6, 6.07) is 6.69. The first-order valence-corrected chi connectivity index (χ1v) is 4.18. The summed E-state index contributed by atoms with van der Waals surface area (Å²) < 4.78 is 0. The summed E-state index contributed by atoms with van der Waals surface area (Å²) in [5.41, 5.74) is 4.22. The van der Waals surface area contributed by atoms with Crippen molar-refractivity contribution in [2.24, 2.45) is 0 Å². The van der Waals surface area contributed by atoms with Crippen LogP contribution >= 0.6 is 0 Å². The highest BCUT2D eigenvalue weighted by molar-refractivity contribution is 6.33. The van der Waals surface area contributed by atoms with Crippen LogP contribution in [0, 0.1) is 6.92 Å². The second kappa shape index (κ2) is 3.12. The second-order valence-corrected chi connectivity index (χ2v) is 3.50. The molecule has 0 unspecified atom stereocenters. The van der Waals surface area contributed by atoms with E-state index in [0.717, 1.165) is 0 Å². The summed E-state index contributed by atoms with van der Waals surface area (Å²) in [6.45, 7) is 6.62. The average Bonchev–Trinajstić information content (AvgIpc) is 1.94. The molecule has 0 saturated heterocycles. The third-order valence-electron chi connectivity index (χ3n) is 2.20. The molecule has 0 aliphatic heterocycles. The quantitative estimate of drug-likeness (QED) is 0.525. The molecule has 0 atom stereocenters. The monoisotopic (exact) mass is 146 g/mol. The van der Waals surface area contributed by atoms with Crippen molar-refractivity contribution in [1.82, 2.24) is 0 Å². The molecule has 1 aromatic rings. The van der Waals surface area contributed by atoms with Crippen LogP contribution in [0.4, 0.5) is 0 Å². The first kappa shape index (κ1) is 8.38. The first-order chi connectivity index (χ1) is 5.11. The van der Waals surface area contributed by atoms with Crippen molar-refractivity contribution in [1.29, 1.82) is 0 Å². The second-order valence-electron chi connectivity index (χ2n) is 3.50. The van der Waals surface area contributed by atoms with Gasteiger partial charge in [-0.3, -0.25) is 0 Å². The topological polar surface area (TPSA) is 0 Å². The molecule has 1 rings (SSSR count). The van der Waals surface area contributed by atoms with E-state index >= 15 is 0 Å². The van der Waals surface area contributed by atoms with Gasteiger partial charge < -0.3 is 0 Å². The molecule has 0 N–H and O–H groups in total. The average molecular weight is 146 g/mol. The normalized spacial score (nSPS) is 10.5. The molecule has 0 amide bonds. The molecule has 0 radical (unpaired) electrons. The van der Waals surface area contributed by atoms with Crippen LogP contribution in [0.2, 0.25) is 0 Å². The van der Waals surface area contributed by atoms with Gasteiger partial charge in [-0.1, -0.05) is 43.1 Å². The molecule has 0 heterocycles. The Labute approximate surface area is 70.0 Å². The summed E-state index contributed by atoms with van der Waals surface area (Å²) in [5.74, 6) is 0.647. The van der Waals surface area contributed by atoms with E-state index in [1.54, 1.807) is 0 Å². The van der Waals surface area contributed by atoms with Gasteiger partial charge in [-0.15, -0.1) is 0 Å². The van der Waals surface area contributed by atoms with E-state index in [-0.39, 0.29) is 0 Å². The van der Waals surface area contributed by atoms with Gasteiger partial charge in [-0.2, -0.15) is 0 Å². The summed E-state index contributed by atoms with van der Waals surface area (Å²) >= 11 is 0. The van der Waals surface area contributed by atoms with E-state index < -0.39 is 0 Å². The fourth-order valence-corrected chi connectivity index (χ4v) is 1.12. The van der Waals surface area contributed by atoms with Crippen LogP contribution in [0.5, 0.6) is 0 Å². The van der Waals surface area contributed by atoms with Crippen molar-refractivity contribution in [2.45, 2.75) is 26.7 Å². The van der Waals surface area contributed by atoms with Crippen LogP contribution < -0.4 is 5.46 Å². The predicted octanol–water partition coefficient (Wildman–Crippen LogP) is 1.38. The first-order valence-electron chi connectivity index (χ1n) is 4.18. The highest BCUT2D eigenvalue weighted by atomic mass is 14.0. The maximum absolute atomic E-state index is 2.28. The summed E-state index contributed by atoms with van der Waals surface area (Å²) in [6.07, 6.45) is 0. The van der Waals surface area contributed by atoms with Crippen LogP contribution in [-0.2, 0) is 0 Å². The molecule has 0 bridgehead atoms. The van der Waals surface area contributed by atoms with E-state index in [4.69, 9.17) is 0 Å². The number of hydrogen-bond acceptors (Lipinski definition) is 0. The van der Waals surface area contributed by atoms with Gasteiger partial charge in [0.1, 0.15) is 7.85 Å². The number of rotatable bonds is 1. The Hall–Kier alpha value is -0.715. The van der Waals surface area contributed by atoms with Crippen molar-refractivity contribution in [3.05, 3.63) is 29.3 Å². The van der Waals surface area contributed by atoms with Gasteiger partial charge in [0.15, 0.2) is 0 Å². The number of hydrogen-bond donors (Lipinski definition) is 0. The van der Waals surface area contributed by atoms with E-state index in [1.807, 2.05) is 0 Å². The fourth-order valence-electron chi connectivity index (χ4n) is 1.12. The Balaban J connectivity index is 3.05. The van der Waals surface area contributed by atoms with E-state index in [9.17, 15) is 0 Å². The largest absolute Gasteiger partial charge is 0.139 e. The molecule has 0 nitrogen and oxygen atoms in total. The van der Waals surface area contributed by atoms with Crippen LogP contribution in [-0.4, -0.2) is 7.85 Å². The highest BCUT2D eigenvalue weighted by Gasteiger charge is 1.99. The van der Waals surface area contributed by atoms with E-state index in [2.05, 4.69) is 46.8 Å². The molecule has 0 fully saturated rings. The van der Waals surface area contributed by atoms with E-state index in [1.165, 1.54) is 16.6 Å². The van der Waals surface area contributed by atoms with Crippen molar-refractivity contribution >= 4 is 13.3 Å². The summed E-state index contributed by atoms with van der Waals surface area (Å²) in [5, 5.41) is 0. The summed E-state index contributed by atoms with van der Waals surface area (Å²) in [4.78, 5) is 0. The zero-order valence-corrected chi connectivity index (χ0v) is 7.81. The maximum atomic E-state index is 2.28. The highest BCUT2D eigenvalue weighted by Crippen LogP contribution is 2.13. The third kappa shape index (κ3) is 1.86. The molecule has 1 heteroatoms. The van der Waals surface area contributed by atoms with Crippen molar-refractivity contribution in [3.63, 3.8) is 0 Å². The maximum Gasteiger partial charge on any atom is 0.139 e. The lowest BCUT2D eigenvalue weighted by Gasteiger charge is -2.07. The standard InChI is InChI=1S/C10H15B/c1-7(2)9-4-5-10(11)8(3)6-9/h4-7H,11H2,1-3H3. The van der Waals surface area contributed by atoms with Gasteiger partial charge in [0.25, 0.3) is 0 Å². The lowest BCUT2D eigenvalue weighted by Crippen LogP contribution is -2.07. The zero-order chi connectivity index (χ0) is 8.43. The minimum absolute atomic E-state index is 0.647. The lowest BCUT2D eigenvalue weighted by molar-refractivity contribution is 0.865. The molecule has 58 valence electrons. The fraction of sp³-hybridized carbons (Fsp3) is 0.400. The van der Waals surface area contributed by atoms with Gasteiger partial charge in [0, 0.05) is 0 Å². The lowest BCUT2D eigenvalue weighted by atomic mass is 9.88. The molecule has 0 spiro atoms. The van der Waals surface area contributed by atoms with Crippen molar-refractivity contribution < 1.29 is 0 Å². The number of aryl methyl sites for hydroxylation is 1. The molecular formula is C10H15B.